The number of hydrogen-bond acceptors (Lipinski definition) is 9. The molecular formula is C20H40O9. The van der Waals surface area contributed by atoms with Crippen molar-refractivity contribution < 1.29 is 43.7 Å². The first-order valence-electron chi connectivity index (χ1n) is 10.6. The maximum Gasteiger partial charge on any atom is 0.187 e. The molecule has 1 aliphatic heterocycles. The highest BCUT2D eigenvalue weighted by Crippen LogP contribution is 2.29. The van der Waals surface area contributed by atoms with E-state index in [4.69, 9.17) is 33.5 Å². The van der Waals surface area contributed by atoms with Gasteiger partial charge in [0.2, 0.25) is 0 Å². The zero-order chi connectivity index (χ0) is 21.6. The molecule has 0 aromatic heterocycles. The van der Waals surface area contributed by atoms with Crippen molar-refractivity contribution in [3.63, 3.8) is 0 Å². The molecule has 0 aliphatic carbocycles. The molecule has 29 heavy (non-hydrogen) atoms. The van der Waals surface area contributed by atoms with E-state index in [2.05, 4.69) is 6.92 Å². The molecule has 0 bridgehead atoms. The number of rotatable bonds is 16. The van der Waals surface area contributed by atoms with Crippen LogP contribution in [0.3, 0.4) is 0 Å². The maximum atomic E-state index is 9.92. The highest BCUT2D eigenvalue weighted by atomic mass is 16.7. The molecule has 3 N–H and O–H groups in total. The van der Waals surface area contributed by atoms with Crippen LogP contribution in [0.2, 0.25) is 0 Å². The molecule has 9 heteroatoms. The lowest BCUT2D eigenvalue weighted by Crippen LogP contribution is -2.62. The van der Waals surface area contributed by atoms with Crippen molar-refractivity contribution in [1.29, 1.82) is 0 Å². The number of unbranched alkanes of at least 4 members (excludes halogenated alkanes) is 1. The van der Waals surface area contributed by atoms with Gasteiger partial charge in [0.25, 0.3) is 0 Å². The van der Waals surface area contributed by atoms with E-state index in [1.807, 2.05) is 13.8 Å². The minimum Gasteiger partial charge on any atom is -0.394 e. The highest BCUT2D eigenvalue weighted by Gasteiger charge is 2.48. The topological polar surface area (TPSA) is 116 Å². The summed E-state index contributed by atoms with van der Waals surface area (Å²) in [5.41, 5.74) is 0. The molecular weight excluding hydrogens is 384 g/mol. The van der Waals surface area contributed by atoms with Crippen LogP contribution in [0.1, 0.15) is 40.0 Å². The fraction of sp³-hybridized carbons (Fsp3) is 1.00. The van der Waals surface area contributed by atoms with Crippen LogP contribution in [-0.2, 0) is 28.4 Å². The highest BCUT2D eigenvalue weighted by molar-refractivity contribution is 4.93. The molecule has 1 aliphatic rings. The second-order valence-corrected chi connectivity index (χ2v) is 7.09. The summed E-state index contributed by atoms with van der Waals surface area (Å²) in [5.74, 6) is 0. The third-order valence-corrected chi connectivity index (χ3v) is 4.67. The standard InChI is InChI=1S/C20H40O9/c1-5-8-10-27-17-16(13-24-4)29-20(28-12-15(23)14(22)11-21)19(25-7-3)18(17)26-9-6-2/h14-23H,5-13H2,1-4H3. The van der Waals surface area contributed by atoms with Crippen LogP contribution in [0.25, 0.3) is 0 Å². The van der Waals surface area contributed by atoms with Crippen LogP contribution in [0.15, 0.2) is 0 Å². The van der Waals surface area contributed by atoms with E-state index in [-0.39, 0.29) is 13.2 Å². The summed E-state index contributed by atoms with van der Waals surface area (Å²) >= 11 is 0. The third kappa shape index (κ3) is 8.72. The van der Waals surface area contributed by atoms with Gasteiger partial charge >= 0.3 is 0 Å². The Bertz CT molecular complexity index is 398. The number of aliphatic hydroxyl groups excluding tert-OH is 3. The lowest BCUT2D eigenvalue weighted by atomic mass is 9.98. The molecule has 0 spiro atoms. The van der Waals surface area contributed by atoms with Crippen molar-refractivity contribution in [2.24, 2.45) is 0 Å². The number of aliphatic hydroxyl groups is 3. The van der Waals surface area contributed by atoms with Crippen LogP contribution >= 0.6 is 0 Å². The van der Waals surface area contributed by atoms with E-state index in [9.17, 15) is 10.2 Å². The van der Waals surface area contributed by atoms with Gasteiger partial charge in [0, 0.05) is 26.9 Å². The van der Waals surface area contributed by atoms with Gasteiger partial charge in [0.1, 0.15) is 36.6 Å². The second kappa shape index (κ2) is 15.4. The Morgan fingerprint density at radius 3 is 2.17 bits per heavy atom. The Hall–Kier alpha value is -0.360. The molecule has 7 atom stereocenters. The minimum atomic E-state index is -1.30. The van der Waals surface area contributed by atoms with Crippen molar-refractivity contribution >= 4 is 0 Å². The van der Waals surface area contributed by atoms with Crippen LogP contribution in [0.5, 0.6) is 0 Å². The Balaban J connectivity index is 2.99. The van der Waals surface area contributed by atoms with Crippen molar-refractivity contribution in [2.75, 3.05) is 46.8 Å². The molecule has 0 aromatic rings. The van der Waals surface area contributed by atoms with E-state index in [0.29, 0.717) is 19.8 Å². The summed E-state index contributed by atoms with van der Waals surface area (Å²) in [6, 6.07) is 0. The molecule has 7 unspecified atom stereocenters. The van der Waals surface area contributed by atoms with Crippen LogP contribution in [0.4, 0.5) is 0 Å². The Labute approximate surface area is 174 Å². The summed E-state index contributed by atoms with van der Waals surface area (Å²) in [6.07, 6.45) is -2.48. The minimum absolute atomic E-state index is 0.225. The van der Waals surface area contributed by atoms with Crippen molar-refractivity contribution in [2.45, 2.75) is 82.9 Å². The van der Waals surface area contributed by atoms with Gasteiger partial charge in [0.15, 0.2) is 6.29 Å². The van der Waals surface area contributed by atoms with Crippen molar-refractivity contribution in [1.82, 2.24) is 0 Å². The smallest absolute Gasteiger partial charge is 0.187 e. The van der Waals surface area contributed by atoms with Crippen LogP contribution in [0, 0.1) is 0 Å². The van der Waals surface area contributed by atoms with Crippen LogP contribution in [-0.4, -0.2) is 105 Å². The zero-order valence-corrected chi connectivity index (χ0v) is 18.2. The Morgan fingerprint density at radius 2 is 1.59 bits per heavy atom. The maximum absolute atomic E-state index is 9.92. The number of hydrogen-bond donors (Lipinski definition) is 3. The van der Waals surface area contributed by atoms with Gasteiger partial charge in [-0.1, -0.05) is 20.3 Å². The quantitative estimate of drug-likeness (QED) is 0.304. The van der Waals surface area contributed by atoms with E-state index in [1.54, 1.807) is 7.11 Å². The van der Waals surface area contributed by atoms with Crippen molar-refractivity contribution in [3.8, 4) is 0 Å². The predicted octanol–water partition coefficient (Wildman–Crippen LogP) is 0.474. The summed E-state index contributed by atoms with van der Waals surface area (Å²) in [4.78, 5) is 0. The molecule has 0 aromatic carbocycles. The van der Waals surface area contributed by atoms with Gasteiger partial charge in [-0.25, -0.2) is 0 Å². The summed E-state index contributed by atoms with van der Waals surface area (Å²) in [6.45, 7) is 6.99. The normalized spacial score (nSPS) is 29.7. The first kappa shape index (κ1) is 26.7. The van der Waals surface area contributed by atoms with Gasteiger partial charge in [-0.3, -0.25) is 0 Å². The molecule has 174 valence electrons. The average molecular weight is 425 g/mol. The predicted molar refractivity (Wildman–Crippen MR) is 106 cm³/mol. The van der Waals surface area contributed by atoms with Crippen molar-refractivity contribution in [3.05, 3.63) is 0 Å². The second-order valence-electron chi connectivity index (χ2n) is 7.09. The summed E-state index contributed by atoms with van der Waals surface area (Å²) in [7, 11) is 1.58. The van der Waals surface area contributed by atoms with Gasteiger partial charge < -0.3 is 43.7 Å². The fourth-order valence-electron chi connectivity index (χ4n) is 3.11. The number of methoxy groups -OCH3 is 1. The van der Waals surface area contributed by atoms with E-state index >= 15 is 0 Å². The lowest BCUT2D eigenvalue weighted by Gasteiger charge is -2.45. The molecule has 1 saturated heterocycles. The van der Waals surface area contributed by atoms with E-state index < -0.39 is 49.5 Å². The van der Waals surface area contributed by atoms with Crippen LogP contribution < -0.4 is 0 Å². The van der Waals surface area contributed by atoms with Gasteiger partial charge in [-0.05, 0) is 19.8 Å². The number of ether oxygens (including phenoxy) is 6. The van der Waals surface area contributed by atoms with E-state index in [1.165, 1.54) is 0 Å². The SMILES string of the molecule is CCCCOC1C(COC)OC(OCC(O)C(O)CO)C(OCC)C1OCCC. The first-order chi connectivity index (χ1) is 14.0. The molecule has 0 amide bonds. The summed E-state index contributed by atoms with van der Waals surface area (Å²) < 4.78 is 35.2. The Kier molecular flexibility index (Phi) is 14.2. The van der Waals surface area contributed by atoms with E-state index in [0.717, 1.165) is 19.3 Å². The molecule has 1 rings (SSSR count). The Morgan fingerprint density at radius 1 is 0.862 bits per heavy atom. The molecule has 9 nitrogen and oxygen atoms in total. The average Bonchev–Trinajstić information content (AvgIpc) is 2.72. The lowest BCUT2D eigenvalue weighted by molar-refractivity contribution is -0.326. The first-order valence-corrected chi connectivity index (χ1v) is 10.6. The van der Waals surface area contributed by atoms with Gasteiger partial charge in [0.05, 0.1) is 19.8 Å². The zero-order valence-electron chi connectivity index (χ0n) is 18.2. The molecule has 1 fully saturated rings. The molecule has 0 radical (unpaired) electrons. The summed E-state index contributed by atoms with van der Waals surface area (Å²) in [5, 5.41) is 28.5. The largest absolute Gasteiger partial charge is 0.394 e. The van der Waals surface area contributed by atoms with Gasteiger partial charge in [-0.2, -0.15) is 0 Å². The fourth-order valence-corrected chi connectivity index (χ4v) is 3.11. The van der Waals surface area contributed by atoms with Gasteiger partial charge in [-0.15, -0.1) is 0 Å². The molecule has 1 heterocycles. The molecule has 0 saturated carbocycles. The third-order valence-electron chi connectivity index (χ3n) is 4.67. The monoisotopic (exact) mass is 424 g/mol.